The molecule has 1 rings (SSSR count). The van der Waals surface area contributed by atoms with Crippen molar-refractivity contribution < 1.29 is 5.11 Å². The van der Waals surface area contributed by atoms with Crippen LogP contribution in [0.2, 0.25) is 0 Å². The molecule has 0 bridgehead atoms. The van der Waals surface area contributed by atoms with Crippen LogP contribution in [-0.2, 0) is 5.88 Å². The average molecular weight is 306 g/mol. The van der Waals surface area contributed by atoms with Gasteiger partial charge in [0, 0.05) is 5.88 Å². The zero-order valence-corrected chi connectivity index (χ0v) is 12.5. The minimum absolute atomic E-state index is 0.291. The topological polar surface area (TPSA) is 20.2 Å². The summed E-state index contributed by atoms with van der Waals surface area (Å²) in [6.45, 7) is 8.33. The van der Waals surface area contributed by atoms with E-state index in [1.165, 1.54) is 0 Å². The Kier molecular flexibility index (Phi) is 4.69. The SMILES string of the molecule is CC(C)c1cc(CCl)c(C(C)C)c(Br)c1O. The monoisotopic (exact) mass is 304 g/mol. The number of phenolic OH excluding ortho intramolecular Hbond substituents is 1. The highest BCUT2D eigenvalue weighted by Gasteiger charge is 2.18. The van der Waals surface area contributed by atoms with Crippen LogP contribution in [0.3, 0.4) is 0 Å². The summed E-state index contributed by atoms with van der Waals surface area (Å²) in [6, 6.07) is 2.02. The molecule has 3 heteroatoms. The van der Waals surface area contributed by atoms with Crippen molar-refractivity contribution in [1.82, 2.24) is 0 Å². The normalized spacial score (nSPS) is 11.5. The molecule has 1 N–H and O–H groups in total. The van der Waals surface area contributed by atoms with E-state index in [-0.39, 0.29) is 0 Å². The Morgan fingerprint density at radius 1 is 1.25 bits per heavy atom. The highest BCUT2D eigenvalue weighted by atomic mass is 79.9. The lowest BCUT2D eigenvalue weighted by Gasteiger charge is -2.19. The third kappa shape index (κ3) is 2.54. The van der Waals surface area contributed by atoms with E-state index in [4.69, 9.17) is 11.6 Å². The van der Waals surface area contributed by atoms with Crippen molar-refractivity contribution >= 4 is 27.5 Å². The number of aromatic hydroxyl groups is 1. The van der Waals surface area contributed by atoms with Gasteiger partial charge in [0.15, 0.2) is 0 Å². The summed E-state index contributed by atoms with van der Waals surface area (Å²) < 4.78 is 0.796. The molecule has 1 aromatic rings. The molecule has 0 aliphatic carbocycles. The minimum atomic E-state index is 0.291. The van der Waals surface area contributed by atoms with Crippen molar-refractivity contribution in [3.8, 4) is 5.75 Å². The van der Waals surface area contributed by atoms with Gasteiger partial charge in [-0.05, 0) is 44.5 Å². The molecule has 1 aromatic carbocycles. The molecule has 0 atom stereocenters. The molecule has 0 saturated heterocycles. The second-order valence-corrected chi connectivity index (χ2v) is 5.70. The summed E-state index contributed by atoms with van der Waals surface area (Å²) in [7, 11) is 0. The first-order valence-corrected chi connectivity index (χ1v) is 6.83. The van der Waals surface area contributed by atoms with E-state index in [9.17, 15) is 5.11 Å². The quantitative estimate of drug-likeness (QED) is 0.767. The van der Waals surface area contributed by atoms with Crippen LogP contribution in [-0.4, -0.2) is 5.11 Å². The molecular formula is C13H18BrClO. The first-order valence-electron chi connectivity index (χ1n) is 5.50. The molecule has 0 unspecified atom stereocenters. The van der Waals surface area contributed by atoms with Crippen molar-refractivity contribution in [3.63, 3.8) is 0 Å². The van der Waals surface area contributed by atoms with E-state index in [0.717, 1.165) is 21.2 Å². The fourth-order valence-corrected chi connectivity index (χ4v) is 3.07. The number of rotatable bonds is 3. The van der Waals surface area contributed by atoms with Crippen molar-refractivity contribution in [1.29, 1.82) is 0 Å². The maximum atomic E-state index is 10.1. The lowest BCUT2D eigenvalue weighted by molar-refractivity contribution is 0.459. The third-order valence-corrected chi connectivity index (χ3v) is 3.83. The molecule has 0 saturated carbocycles. The van der Waals surface area contributed by atoms with Crippen molar-refractivity contribution in [2.45, 2.75) is 45.4 Å². The number of alkyl halides is 1. The maximum Gasteiger partial charge on any atom is 0.133 e. The zero-order valence-electron chi connectivity index (χ0n) is 10.1. The second kappa shape index (κ2) is 5.42. The number of halogens is 2. The van der Waals surface area contributed by atoms with Gasteiger partial charge in [-0.1, -0.05) is 33.8 Å². The van der Waals surface area contributed by atoms with Crippen LogP contribution < -0.4 is 0 Å². The Bertz CT molecular complexity index is 386. The number of hydrogen-bond donors (Lipinski definition) is 1. The van der Waals surface area contributed by atoms with E-state index < -0.39 is 0 Å². The molecule has 1 nitrogen and oxygen atoms in total. The summed E-state index contributed by atoms with van der Waals surface area (Å²) in [4.78, 5) is 0. The van der Waals surface area contributed by atoms with E-state index in [1.54, 1.807) is 0 Å². The van der Waals surface area contributed by atoms with Crippen LogP contribution in [0, 0.1) is 0 Å². The molecule has 0 heterocycles. The Labute approximate surface area is 111 Å². The first-order chi connectivity index (χ1) is 7.40. The van der Waals surface area contributed by atoms with Gasteiger partial charge in [-0.3, -0.25) is 0 Å². The van der Waals surface area contributed by atoms with Gasteiger partial charge in [-0.15, -0.1) is 11.6 Å². The Morgan fingerprint density at radius 3 is 2.19 bits per heavy atom. The highest BCUT2D eigenvalue weighted by Crippen LogP contribution is 2.41. The van der Waals surface area contributed by atoms with Crippen LogP contribution in [0.25, 0.3) is 0 Å². The van der Waals surface area contributed by atoms with Crippen molar-refractivity contribution in [2.24, 2.45) is 0 Å². The average Bonchev–Trinajstić information content (AvgIpc) is 2.20. The van der Waals surface area contributed by atoms with Crippen LogP contribution in [0.1, 0.15) is 56.2 Å². The number of hydrogen-bond acceptors (Lipinski definition) is 1. The molecule has 16 heavy (non-hydrogen) atoms. The third-order valence-electron chi connectivity index (χ3n) is 2.74. The molecular weight excluding hydrogens is 287 g/mol. The summed E-state index contributed by atoms with van der Waals surface area (Å²) in [6.07, 6.45) is 0. The van der Waals surface area contributed by atoms with Crippen LogP contribution in [0.15, 0.2) is 10.5 Å². The van der Waals surface area contributed by atoms with Gasteiger partial charge in [0.1, 0.15) is 5.75 Å². The molecule has 90 valence electrons. The molecule has 0 aromatic heterocycles. The largest absolute Gasteiger partial charge is 0.506 e. The predicted octanol–water partition coefficient (Wildman–Crippen LogP) is 5.14. The van der Waals surface area contributed by atoms with Crippen LogP contribution >= 0.6 is 27.5 Å². The maximum absolute atomic E-state index is 10.1. The lowest BCUT2D eigenvalue weighted by Crippen LogP contribution is -2.00. The van der Waals surface area contributed by atoms with Gasteiger partial charge in [0.25, 0.3) is 0 Å². The van der Waals surface area contributed by atoms with Crippen molar-refractivity contribution in [2.75, 3.05) is 0 Å². The summed E-state index contributed by atoms with van der Waals surface area (Å²) >= 11 is 9.46. The van der Waals surface area contributed by atoms with Crippen LogP contribution in [0.5, 0.6) is 5.75 Å². The first kappa shape index (κ1) is 13.9. The van der Waals surface area contributed by atoms with Gasteiger partial charge in [0.2, 0.25) is 0 Å². The molecule has 0 fully saturated rings. The summed E-state index contributed by atoms with van der Waals surface area (Å²) in [5.41, 5.74) is 3.16. The van der Waals surface area contributed by atoms with Gasteiger partial charge in [-0.2, -0.15) is 0 Å². The van der Waals surface area contributed by atoms with E-state index in [2.05, 4.69) is 43.6 Å². The second-order valence-electron chi connectivity index (χ2n) is 4.64. The smallest absolute Gasteiger partial charge is 0.133 e. The standard InChI is InChI=1S/C13H18BrClO/c1-7(2)10-5-9(6-15)11(8(3)4)12(14)13(10)16/h5,7-8,16H,6H2,1-4H3. The van der Waals surface area contributed by atoms with E-state index >= 15 is 0 Å². The van der Waals surface area contributed by atoms with Gasteiger partial charge in [-0.25, -0.2) is 0 Å². The number of benzene rings is 1. The number of phenols is 1. The molecule has 0 amide bonds. The molecule has 0 aliphatic heterocycles. The molecule has 0 spiro atoms. The summed E-state index contributed by atoms with van der Waals surface area (Å²) in [5, 5.41) is 10.1. The molecule has 0 aliphatic rings. The van der Waals surface area contributed by atoms with Gasteiger partial charge < -0.3 is 5.11 Å². The predicted molar refractivity (Wildman–Crippen MR) is 73.5 cm³/mol. The lowest BCUT2D eigenvalue weighted by atomic mass is 9.92. The van der Waals surface area contributed by atoms with E-state index in [1.807, 2.05) is 6.07 Å². The highest BCUT2D eigenvalue weighted by molar-refractivity contribution is 9.10. The Morgan fingerprint density at radius 2 is 1.81 bits per heavy atom. The Hall–Kier alpha value is -0.210. The van der Waals surface area contributed by atoms with Gasteiger partial charge >= 0.3 is 0 Å². The van der Waals surface area contributed by atoms with E-state index in [0.29, 0.717) is 23.5 Å². The zero-order chi connectivity index (χ0) is 12.5. The molecule has 0 radical (unpaired) electrons. The van der Waals surface area contributed by atoms with Crippen LogP contribution in [0.4, 0.5) is 0 Å². The Balaban J connectivity index is 3.49. The van der Waals surface area contributed by atoms with Gasteiger partial charge in [0.05, 0.1) is 4.47 Å². The fourth-order valence-electron chi connectivity index (χ4n) is 1.90. The minimum Gasteiger partial charge on any atom is -0.506 e. The summed E-state index contributed by atoms with van der Waals surface area (Å²) in [5.74, 6) is 1.47. The fraction of sp³-hybridized carbons (Fsp3) is 0.538. The van der Waals surface area contributed by atoms with Crippen molar-refractivity contribution in [3.05, 3.63) is 27.2 Å².